The Labute approximate surface area is 93.8 Å². The molecule has 1 fully saturated rings. The highest BCUT2D eigenvalue weighted by atomic mass is 16.6. The van der Waals surface area contributed by atoms with Gasteiger partial charge in [-0.05, 0) is 12.5 Å². The molecule has 0 radical (unpaired) electrons. The predicted octanol–water partition coefficient (Wildman–Crippen LogP) is 1.13. The number of morpholine rings is 1. The summed E-state index contributed by atoms with van der Waals surface area (Å²) in [6.07, 6.45) is -0.378. The Balaban J connectivity index is 2.30. The van der Waals surface area contributed by atoms with E-state index in [9.17, 15) is 9.59 Å². The first-order valence-electron chi connectivity index (χ1n) is 5.14. The number of rotatable bonds is 1. The standard InChI is InChI=1S/C12H13NO3/c1-8-10(9-6-4-3-5-7-9)16-12(15)11(14)13(8)2/h3-8,10H,1-2H3. The fraction of sp³-hybridized carbons (Fsp3) is 0.333. The molecule has 1 heterocycles. The molecular weight excluding hydrogens is 206 g/mol. The van der Waals surface area contributed by atoms with Crippen molar-refractivity contribution in [3.05, 3.63) is 35.9 Å². The SMILES string of the molecule is CC1C(c2ccccc2)OC(=O)C(=O)N1C. The molecule has 2 rings (SSSR count). The highest BCUT2D eigenvalue weighted by Gasteiger charge is 2.38. The van der Waals surface area contributed by atoms with E-state index in [1.807, 2.05) is 37.3 Å². The third-order valence-electron chi connectivity index (χ3n) is 2.91. The van der Waals surface area contributed by atoms with Crippen molar-refractivity contribution in [1.29, 1.82) is 0 Å². The molecule has 0 bridgehead atoms. The Bertz CT molecular complexity index is 416. The monoisotopic (exact) mass is 219 g/mol. The van der Waals surface area contributed by atoms with Gasteiger partial charge >= 0.3 is 11.9 Å². The molecule has 16 heavy (non-hydrogen) atoms. The van der Waals surface area contributed by atoms with Crippen molar-refractivity contribution in [2.45, 2.75) is 19.1 Å². The van der Waals surface area contributed by atoms with Gasteiger partial charge in [0.25, 0.3) is 0 Å². The van der Waals surface area contributed by atoms with Crippen LogP contribution in [-0.2, 0) is 14.3 Å². The van der Waals surface area contributed by atoms with Crippen LogP contribution >= 0.6 is 0 Å². The number of likely N-dealkylation sites (N-methyl/N-ethyl adjacent to an activating group) is 1. The summed E-state index contributed by atoms with van der Waals surface area (Å²) in [4.78, 5) is 24.1. The molecule has 0 N–H and O–H groups in total. The molecule has 4 heteroatoms. The Hall–Kier alpha value is -1.84. The third kappa shape index (κ3) is 1.66. The Morgan fingerprint density at radius 1 is 1.19 bits per heavy atom. The van der Waals surface area contributed by atoms with E-state index in [1.54, 1.807) is 7.05 Å². The molecule has 1 amide bonds. The van der Waals surface area contributed by atoms with E-state index in [1.165, 1.54) is 4.90 Å². The number of benzene rings is 1. The van der Waals surface area contributed by atoms with E-state index in [-0.39, 0.29) is 12.1 Å². The van der Waals surface area contributed by atoms with Gasteiger partial charge in [-0.15, -0.1) is 0 Å². The van der Waals surface area contributed by atoms with Gasteiger partial charge in [-0.25, -0.2) is 4.79 Å². The van der Waals surface area contributed by atoms with Gasteiger partial charge in [0.15, 0.2) is 0 Å². The number of nitrogens with zero attached hydrogens (tertiary/aromatic N) is 1. The van der Waals surface area contributed by atoms with Gasteiger partial charge in [0.2, 0.25) is 0 Å². The van der Waals surface area contributed by atoms with Crippen molar-refractivity contribution in [3.63, 3.8) is 0 Å². The van der Waals surface area contributed by atoms with E-state index in [2.05, 4.69) is 0 Å². The van der Waals surface area contributed by atoms with Gasteiger partial charge in [0, 0.05) is 7.05 Å². The Morgan fingerprint density at radius 2 is 1.81 bits per heavy atom. The smallest absolute Gasteiger partial charge is 0.397 e. The fourth-order valence-corrected chi connectivity index (χ4v) is 1.79. The van der Waals surface area contributed by atoms with Crippen LogP contribution in [0.15, 0.2) is 30.3 Å². The number of amides is 1. The van der Waals surface area contributed by atoms with E-state index in [0.29, 0.717) is 0 Å². The Morgan fingerprint density at radius 3 is 2.44 bits per heavy atom. The summed E-state index contributed by atoms with van der Waals surface area (Å²) in [6.45, 7) is 1.86. The molecule has 2 unspecified atom stereocenters. The van der Waals surface area contributed by atoms with Gasteiger partial charge in [0.05, 0.1) is 6.04 Å². The van der Waals surface area contributed by atoms with Crippen LogP contribution in [-0.4, -0.2) is 29.9 Å². The van der Waals surface area contributed by atoms with Gasteiger partial charge in [-0.1, -0.05) is 30.3 Å². The van der Waals surface area contributed by atoms with Crippen molar-refractivity contribution in [2.24, 2.45) is 0 Å². The Kier molecular flexibility index (Phi) is 2.64. The van der Waals surface area contributed by atoms with Crippen molar-refractivity contribution in [1.82, 2.24) is 4.90 Å². The van der Waals surface area contributed by atoms with Crippen LogP contribution in [0.5, 0.6) is 0 Å². The zero-order valence-electron chi connectivity index (χ0n) is 9.21. The minimum Gasteiger partial charge on any atom is -0.448 e. The highest BCUT2D eigenvalue weighted by Crippen LogP contribution is 2.28. The van der Waals surface area contributed by atoms with Crippen LogP contribution in [0.4, 0.5) is 0 Å². The number of carbonyl (C=O) groups is 2. The van der Waals surface area contributed by atoms with Gasteiger partial charge in [-0.3, -0.25) is 4.79 Å². The first-order valence-corrected chi connectivity index (χ1v) is 5.14. The minimum atomic E-state index is -0.783. The highest BCUT2D eigenvalue weighted by molar-refractivity contribution is 6.32. The molecule has 1 saturated heterocycles. The molecule has 2 atom stereocenters. The summed E-state index contributed by atoms with van der Waals surface area (Å²) in [5.74, 6) is -1.37. The molecule has 1 aromatic rings. The van der Waals surface area contributed by atoms with E-state index in [0.717, 1.165) is 5.56 Å². The summed E-state index contributed by atoms with van der Waals surface area (Å²) in [5.41, 5.74) is 0.905. The molecule has 1 aromatic carbocycles. The molecule has 0 aliphatic carbocycles. The number of carbonyl (C=O) groups excluding carboxylic acids is 2. The molecule has 1 aliphatic rings. The molecule has 0 spiro atoms. The lowest BCUT2D eigenvalue weighted by molar-refractivity contribution is -0.176. The second-order valence-electron chi connectivity index (χ2n) is 3.89. The van der Waals surface area contributed by atoms with Crippen molar-refractivity contribution in [2.75, 3.05) is 7.05 Å². The largest absolute Gasteiger partial charge is 0.448 e. The van der Waals surface area contributed by atoms with Gasteiger partial charge < -0.3 is 9.64 Å². The summed E-state index contributed by atoms with van der Waals surface area (Å²) < 4.78 is 5.14. The van der Waals surface area contributed by atoms with Crippen LogP contribution in [0.2, 0.25) is 0 Å². The number of cyclic esters (lactones) is 1. The summed E-state index contributed by atoms with van der Waals surface area (Å²) in [6, 6.07) is 9.29. The van der Waals surface area contributed by atoms with E-state index < -0.39 is 11.9 Å². The van der Waals surface area contributed by atoms with E-state index >= 15 is 0 Å². The zero-order valence-corrected chi connectivity index (χ0v) is 9.21. The third-order valence-corrected chi connectivity index (χ3v) is 2.91. The predicted molar refractivity (Wildman–Crippen MR) is 57.5 cm³/mol. The topological polar surface area (TPSA) is 46.6 Å². The quantitative estimate of drug-likeness (QED) is 0.525. The normalized spacial score (nSPS) is 25.5. The number of esters is 1. The second-order valence-corrected chi connectivity index (χ2v) is 3.89. The van der Waals surface area contributed by atoms with Crippen LogP contribution in [0.25, 0.3) is 0 Å². The molecular formula is C12H13NO3. The minimum absolute atomic E-state index is 0.146. The fourth-order valence-electron chi connectivity index (χ4n) is 1.79. The molecule has 4 nitrogen and oxygen atoms in total. The van der Waals surface area contributed by atoms with Gasteiger partial charge in [0.1, 0.15) is 6.10 Å². The zero-order chi connectivity index (χ0) is 11.7. The average Bonchev–Trinajstić information content (AvgIpc) is 2.32. The lowest BCUT2D eigenvalue weighted by Gasteiger charge is -2.35. The van der Waals surface area contributed by atoms with Crippen molar-refractivity contribution in [3.8, 4) is 0 Å². The maximum Gasteiger partial charge on any atom is 0.397 e. The van der Waals surface area contributed by atoms with Crippen molar-refractivity contribution < 1.29 is 14.3 Å². The maximum absolute atomic E-state index is 11.4. The lowest BCUT2D eigenvalue weighted by atomic mass is 10.0. The summed E-state index contributed by atoms with van der Waals surface area (Å²) in [7, 11) is 1.61. The van der Waals surface area contributed by atoms with Crippen molar-refractivity contribution >= 4 is 11.9 Å². The summed E-state index contributed by atoms with van der Waals surface area (Å²) >= 11 is 0. The summed E-state index contributed by atoms with van der Waals surface area (Å²) in [5, 5.41) is 0. The van der Waals surface area contributed by atoms with Crippen LogP contribution < -0.4 is 0 Å². The molecule has 0 saturated carbocycles. The lowest BCUT2D eigenvalue weighted by Crippen LogP contribution is -2.49. The maximum atomic E-state index is 11.4. The number of hydrogen-bond acceptors (Lipinski definition) is 3. The molecule has 0 aromatic heterocycles. The first kappa shape index (κ1) is 10.7. The number of ether oxygens (including phenoxy) is 1. The van der Waals surface area contributed by atoms with Crippen LogP contribution in [0.3, 0.4) is 0 Å². The van der Waals surface area contributed by atoms with Gasteiger partial charge in [-0.2, -0.15) is 0 Å². The second kappa shape index (κ2) is 3.96. The first-order chi connectivity index (χ1) is 7.61. The van der Waals surface area contributed by atoms with Crippen LogP contribution in [0, 0.1) is 0 Å². The molecule has 84 valence electrons. The molecule has 1 aliphatic heterocycles. The number of hydrogen-bond donors (Lipinski definition) is 0. The average molecular weight is 219 g/mol. The van der Waals surface area contributed by atoms with E-state index in [4.69, 9.17) is 4.74 Å². The van der Waals surface area contributed by atoms with Crippen LogP contribution in [0.1, 0.15) is 18.6 Å².